The lowest BCUT2D eigenvalue weighted by Gasteiger charge is -2.16. The van der Waals surface area contributed by atoms with Gasteiger partial charge in [-0.15, -0.1) is 0 Å². The fourth-order valence-electron chi connectivity index (χ4n) is 1.84. The van der Waals surface area contributed by atoms with Gasteiger partial charge < -0.3 is 4.42 Å². The van der Waals surface area contributed by atoms with E-state index in [-0.39, 0.29) is 6.04 Å². The lowest BCUT2D eigenvalue weighted by molar-refractivity contribution is 0.444. The molecule has 1 heterocycles. The Morgan fingerprint density at radius 2 is 1.83 bits per heavy atom. The SMILES string of the molecule is NNC(Cc1ccco1)Cc1c(Cl)cccc1Cl. The van der Waals surface area contributed by atoms with Gasteiger partial charge in [0.25, 0.3) is 0 Å². The van der Waals surface area contributed by atoms with E-state index in [1.165, 1.54) is 0 Å². The van der Waals surface area contributed by atoms with Gasteiger partial charge in [-0.3, -0.25) is 11.3 Å². The van der Waals surface area contributed by atoms with E-state index < -0.39 is 0 Å². The van der Waals surface area contributed by atoms with Gasteiger partial charge in [-0.1, -0.05) is 29.3 Å². The number of benzene rings is 1. The van der Waals surface area contributed by atoms with Gasteiger partial charge in [0, 0.05) is 22.5 Å². The number of nitrogens with one attached hydrogen (secondary N) is 1. The monoisotopic (exact) mass is 284 g/mol. The van der Waals surface area contributed by atoms with Gasteiger partial charge in [0.05, 0.1) is 6.26 Å². The van der Waals surface area contributed by atoms with E-state index in [0.29, 0.717) is 22.9 Å². The highest BCUT2D eigenvalue weighted by molar-refractivity contribution is 6.36. The Hall–Kier alpha value is -1.00. The zero-order valence-corrected chi connectivity index (χ0v) is 11.2. The van der Waals surface area contributed by atoms with Crippen LogP contribution in [-0.2, 0) is 12.8 Å². The molecule has 0 amide bonds. The third-order valence-corrected chi connectivity index (χ3v) is 3.48. The van der Waals surface area contributed by atoms with Crippen LogP contribution in [0.1, 0.15) is 11.3 Å². The van der Waals surface area contributed by atoms with Crippen molar-refractivity contribution < 1.29 is 4.42 Å². The second-order valence-corrected chi connectivity index (χ2v) is 4.87. The first-order valence-corrected chi connectivity index (χ1v) is 6.37. The number of rotatable bonds is 5. The van der Waals surface area contributed by atoms with Crippen molar-refractivity contribution in [2.75, 3.05) is 0 Å². The number of halogens is 2. The Balaban J connectivity index is 2.10. The van der Waals surface area contributed by atoms with Crippen LogP contribution in [0, 0.1) is 0 Å². The third kappa shape index (κ3) is 3.27. The van der Waals surface area contributed by atoms with E-state index in [0.717, 1.165) is 11.3 Å². The summed E-state index contributed by atoms with van der Waals surface area (Å²) in [5, 5.41) is 1.31. The fourth-order valence-corrected chi connectivity index (χ4v) is 2.39. The van der Waals surface area contributed by atoms with E-state index in [9.17, 15) is 0 Å². The summed E-state index contributed by atoms with van der Waals surface area (Å²) in [6.07, 6.45) is 2.98. The van der Waals surface area contributed by atoms with Crippen LogP contribution in [-0.4, -0.2) is 6.04 Å². The summed E-state index contributed by atoms with van der Waals surface area (Å²) in [7, 11) is 0. The Kier molecular flexibility index (Phi) is 4.66. The molecule has 0 aliphatic heterocycles. The zero-order chi connectivity index (χ0) is 13.0. The van der Waals surface area contributed by atoms with Crippen molar-refractivity contribution in [1.29, 1.82) is 0 Å². The molecule has 5 heteroatoms. The highest BCUT2D eigenvalue weighted by Crippen LogP contribution is 2.26. The van der Waals surface area contributed by atoms with Gasteiger partial charge in [0.15, 0.2) is 0 Å². The van der Waals surface area contributed by atoms with E-state index in [4.69, 9.17) is 33.5 Å². The van der Waals surface area contributed by atoms with Crippen molar-refractivity contribution in [3.05, 3.63) is 58.0 Å². The smallest absolute Gasteiger partial charge is 0.105 e. The van der Waals surface area contributed by atoms with Gasteiger partial charge in [0.1, 0.15) is 5.76 Å². The first kappa shape index (κ1) is 13.4. The number of furan rings is 1. The van der Waals surface area contributed by atoms with Crippen molar-refractivity contribution in [1.82, 2.24) is 5.43 Å². The Labute approximate surface area is 116 Å². The highest BCUT2D eigenvalue weighted by atomic mass is 35.5. The average molecular weight is 285 g/mol. The Morgan fingerprint density at radius 3 is 2.39 bits per heavy atom. The molecule has 0 spiro atoms. The first-order chi connectivity index (χ1) is 8.70. The van der Waals surface area contributed by atoms with Crippen molar-refractivity contribution in [3.8, 4) is 0 Å². The first-order valence-electron chi connectivity index (χ1n) is 5.62. The van der Waals surface area contributed by atoms with Crippen LogP contribution in [0.3, 0.4) is 0 Å². The van der Waals surface area contributed by atoms with Crippen LogP contribution in [0.5, 0.6) is 0 Å². The van der Waals surface area contributed by atoms with Crippen LogP contribution >= 0.6 is 23.2 Å². The molecule has 1 aromatic carbocycles. The summed E-state index contributed by atoms with van der Waals surface area (Å²) in [5.41, 5.74) is 3.66. The number of hydrogen-bond acceptors (Lipinski definition) is 3. The molecule has 2 rings (SSSR count). The van der Waals surface area contributed by atoms with Gasteiger partial charge in [-0.2, -0.15) is 0 Å². The van der Waals surface area contributed by atoms with Crippen LogP contribution in [0.2, 0.25) is 10.0 Å². The maximum absolute atomic E-state index is 6.14. The molecule has 0 aliphatic carbocycles. The molecule has 0 aliphatic rings. The topological polar surface area (TPSA) is 51.2 Å². The predicted octanol–water partition coefficient (Wildman–Crippen LogP) is 3.20. The van der Waals surface area contributed by atoms with Gasteiger partial charge in [0.2, 0.25) is 0 Å². The maximum Gasteiger partial charge on any atom is 0.105 e. The molecule has 0 saturated heterocycles. The summed E-state index contributed by atoms with van der Waals surface area (Å²) in [5.74, 6) is 6.44. The zero-order valence-electron chi connectivity index (χ0n) is 9.70. The average Bonchev–Trinajstić information content (AvgIpc) is 2.85. The molecule has 0 saturated carbocycles. The molecule has 3 nitrogen and oxygen atoms in total. The quantitative estimate of drug-likeness (QED) is 0.655. The molecule has 0 fully saturated rings. The molecular formula is C13H14Cl2N2O. The number of hydrazine groups is 1. The molecule has 3 N–H and O–H groups in total. The van der Waals surface area contributed by atoms with Crippen molar-refractivity contribution in [2.24, 2.45) is 5.84 Å². The number of hydrogen-bond donors (Lipinski definition) is 2. The number of nitrogens with two attached hydrogens (primary N) is 1. The second kappa shape index (κ2) is 6.25. The van der Waals surface area contributed by atoms with Gasteiger partial charge >= 0.3 is 0 Å². The Morgan fingerprint density at radius 1 is 1.11 bits per heavy atom. The van der Waals surface area contributed by atoms with Crippen molar-refractivity contribution >= 4 is 23.2 Å². The molecule has 18 heavy (non-hydrogen) atoms. The molecule has 1 aromatic heterocycles. The van der Waals surface area contributed by atoms with Crippen LogP contribution < -0.4 is 11.3 Å². The molecular weight excluding hydrogens is 271 g/mol. The fraction of sp³-hybridized carbons (Fsp3) is 0.231. The minimum Gasteiger partial charge on any atom is -0.469 e. The molecule has 1 atom stereocenters. The minimum atomic E-state index is 0.0218. The Bertz CT molecular complexity index is 479. The third-order valence-electron chi connectivity index (χ3n) is 2.78. The summed E-state index contributed by atoms with van der Waals surface area (Å²) in [6, 6.07) is 9.26. The van der Waals surface area contributed by atoms with Gasteiger partial charge in [-0.25, -0.2) is 0 Å². The molecule has 2 aromatic rings. The van der Waals surface area contributed by atoms with E-state index >= 15 is 0 Å². The van der Waals surface area contributed by atoms with Gasteiger partial charge in [-0.05, 0) is 36.2 Å². The normalized spacial score (nSPS) is 12.6. The molecule has 0 radical (unpaired) electrons. The summed E-state index contributed by atoms with van der Waals surface area (Å²) < 4.78 is 5.30. The molecule has 96 valence electrons. The highest BCUT2D eigenvalue weighted by Gasteiger charge is 2.14. The largest absolute Gasteiger partial charge is 0.469 e. The summed E-state index contributed by atoms with van der Waals surface area (Å²) in [4.78, 5) is 0. The second-order valence-electron chi connectivity index (χ2n) is 4.05. The van der Waals surface area contributed by atoms with Crippen LogP contribution in [0.25, 0.3) is 0 Å². The van der Waals surface area contributed by atoms with Crippen LogP contribution in [0.4, 0.5) is 0 Å². The summed E-state index contributed by atoms with van der Waals surface area (Å²) >= 11 is 12.3. The standard InChI is InChI=1S/C13H14Cl2N2O/c14-12-4-1-5-13(15)11(12)8-9(17-16)7-10-3-2-6-18-10/h1-6,9,17H,7-8,16H2. The van der Waals surface area contributed by atoms with E-state index in [2.05, 4.69) is 5.43 Å². The molecule has 1 unspecified atom stereocenters. The van der Waals surface area contributed by atoms with Crippen LogP contribution in [0.15, 0.2) is 41.0 Å². The lowest BCUT2D eigenvalue weighted by Crippen LogP contribution is -2.38. The minimum absolute atomic E-state index is 0.0218. The van der Waals surface area contributed by atoms with E-state index in [1.807, 2.05) is 30.3 Å². The predicted molar refractivity (Wildman–Crippen MR) is 73.7 cm³/mol. The maximum atomic E-state index is 6.14. The summed E-state index contributed by atoms with van der Waals surface area (Å²) in [6.45, 7) is 0. The molecule has 0 bridgehead atoms. The van der Waals surface area contributed by atoms with Crippen molar-refractivity contribution in [3.63, 3.8) is 0 Å². The lowest BCUT2D eigenvalue weighted by atomic mass is 10.0. The van der Waals surface area contributed by atoms with Crippen molar-refractivity contribution in [2.45, 2.75) is 18.9 Å². The van der Waals surface area contributed by atoms with E-state index in [1.54, 1.807) is 6.26 Å².